The lowest BCUT2D eigenvalue weighted by molar-refractivity contribution is -0.120. The molecule has 0 aliphatic carbocycles. The summed E-state index contributed by atoms with van der Waals surface area (Å²) in [5, 5.41) is 0. The zero-order valence-corrected chi connectivity index (χ0v) is 10.5. The SMILES string of the molecule is Cc1cc(C)cc(N2CCC(=O)C2(C)C)c1. The lowest BCUT2D eigenvalue weighted by atomic mass is 9.99. The second kappa shape index (κ2) is 3.62. The van der Waals surface area contributed by atoms with Crippen LogP contribution in [0.25, 0.3) is 0 Å². The molecule has 2 nitrogen and oxygen atoms in total. The molecule has 1 fully saturated rings. The molecule has 16 heavy (non-hydrogen) atoms. The number of anilines is 1. The predicted molar refractivity (Wildman–Crippen MR) is 67.0 cm³/mol. The van der Waals surface area contributed by atoms with Gasteiger partial charge in [0.05, 0.1) is 5.54 Å². The van der Waals surface area contributed by atoms with Crippen LogP contribution in [0.2, 0.25) is 0 Å². The number of nitrogens with zero attached hydrogens (tertiary/aromatic N) is 1. The van der Waals surface area contributed by atoms with Gasteiger partial charge in [-0.25, -0.2) is 0 Å². The fourth-order valence-electron chi connectivity index (χ4n) is 2.51. The summed E-state index contributed by atoms with van der Waals surface area (Å²) in [5.74, 6) is 0.339. The number of hydrogen-bond acceptors (Lipinski definition) is 2. The molecule has 0 bridgehead atoms. The number of ketones is 1. The van der Waals surface area contributed by atoms with E-state index in [1.165, 1.54) is 16.8 Å². The van der Waals surface area contributed by atoms with Crippen LogP contribution in [0, 0.1) is 13.8 Å². The summed E-state index contributed by atoms with van der Waals surface area (Å²) in [7, 11) is 0. The van der Waals surface area contributed by atoms with Crippen molar-refractivity contribution in [3.05, 3.63) is 29.3 Å². The first-order chi connectivity index (χ1) is 7.41. The highest BCUT2D eigenvalue weighted by atomic mass is 16.1. The summed E-state index contributed by atoms with van der Waals surface area (Å²) in [5.41, 5.74) is 3.34. The van der Waals surface area contributed by atoms with Gasteiger partial charge in [0.2, 0.25) is 0 Å². The minimum atomic E-state index is -0.347. The molecule has 1 aliphatic heterocycles. The van der Waals surface area contributed by atoms with Crippen LogP contribution >= 0.6 is 0 Å². The normalized spacial score (nSPS) is 19.2. The van der Waals surface area contributed by atoms with Crippen molar-refractivity contribution >= 4 is 11.5 Å². The first-order valence-corrected chi connectivity index (χ1v) is 5.80. The van der Waals surface area contributed by atoms with Crippen LogP contribution in [0.1, 0.15) is 31.4 Å². The number of benzene rings is 1. The van der Waals surface area contributed by atoms with Crippen molar-refractivity contribution in [2.45, 2.75) is 39.7 Å². The number of rotatable bonds is 1. The summed E-state index contributed by atoms with van der Waals surface area (Å²) in [6, 6.07) is 6.48. The van der Waals surface area contributed by atoms with Crippen LogP contribution in [-0.4, -0.2) is 17.9 Å². The van der Waals surface area contributed by atoms with Gasteiger partial charge < -0.3 is 4.90 Å². The van der Waals surface area contributed by atoms with E-state index >= 15 is 0 Å². The third-order valence-electron chi connectivity index (χ3n) is 3.44. The van der Waals surface area contributed by atoms with E-state index in [0.717, 1.165) is 6.54 Å². The van der Waals surface area contributed by atoms with E-state index in [4.69, 9.17) is 0 Å². The Morgan fingerprint density at radius 3 is 2.12 bits per heavy atom. The Bertz CT molecular complexity index is 414. The minimum absolute atomic E-state index is 0.339. The van der Waals surface area contributed by atoms with Crippen molar-refractivity contribution in [2.75, 3.05) is 11.4 Å². The number of carbonyl (C=O) groups excluding carboxylic acids is 1. The van der Waals surface area contributed by atoms with Crippen molar-refractivity contribution < 1.29 is 4.79 Å². The Labute approximate surface area is 97.3 Å². The molecule has 2 heteroatoms. The Morgan fingerprint density at radius 2 is 1.69 bits per heavy atom. The summed E-state index contributed by atoms with van der Waals surface area (Å²) in [6.07, 6.45) is 0.667. The highest BCUT2D eigenvalue weighted by Crippen LogP contribution is 2.32. The maximum atomic E-state index is 11.8. The van der Waals surface area contributed by atoms with Crippen LogP contribution in [0.5, 0.6) is 0 Å². The quantitative estimate of drug-likeness (QED) is 0.721. The molecule has 1 heterocycles. The zero-order chi connectivity index (χ0) is 11.9. The monoisotopic (exact) mass is 217 g/mol. The van der Waals surface area contributed by atoms with E-state index in [9.17, 15) is 4.79 Å². The summed E-state index contributed by atoms with van der Waals surface area (Å²) in [4.78, 5) is 14.0. The molecule has 1 aliphatic rings. The van der Waals surface area contributed by atoms with Gasteiger partial charge in [0.1, 0.15) is 0 Å². The number of Topliss-reactive ketones (excluding diaryl/α,β-unsaturated/α-hetero) is 1. The van der Waals surface area contributed by atoms with Crippen LogP contribution < -0.4 is 4.90 Å². The van der Waals surface area contributed by atoms with Crippen LogP contribution in [0.3, 0.4) is 0 Å². The van der Waals surface area contributed by atoms with Gasteiger partial charge in [-0.05, 0) is 51.0 Å². The summed E-state index contributed by atoms with van der Waals surface area (Å²) in [6.45, 7) is 9.07. The highest BCUT2D eigenvalue weighted by molar-refractivity contribution is 5.94. The van der Waals surface area contributed by atoms with Gasteiger partial charge in [0.15, 0.2) is 5.78 Å². The Morgan fingerprint density at radius 1 is 1.12 bits per heavy atom. The fourth-order valence-corrected chi connectivity index (χ4v) is 2.51. The third-order valence-corrected chi connectivity index (χ3v) is 3.44. The van der Waals surface area contributed by atoms with Crippen molar-refractivity contribution in [2.24, 2.45) is 0 Å². The lowest BCUT2D eigenvalue weighted by Crippen LogP contribution is -2.42. The number of carbonyl (C=O) groups is 1. The summed E-state index contributed by atoms with van der Waals surface area (Å²) >= 11 is 0. The largest absolute Gasteiger partial charge is 0.359 e. The molecule has 0 aromatic heterocycles. The number of aryl methyl sites for hydroxylation is 2. The van der Waals surface area contributed by atoms with Gasteiger partial charge in [-0.2, -0.15) is 0 Å². The second-order valence-electron chi connectivity index (χ2n) is 5.23. The Kier molecular flexibility index (Phi) is 2.53. The summed E-state index contributed by atoms with van der Waals surface area (Å²) < 4.78 is 0. The molecule has 1 saturated heterocycles. The lowest BCUT2D eigenvalue weighted by Gasteiger charge is -2.32. The van der Waals surface area contributed by atoms with Crippen LogP contribution in [0.4, 0.5) is 5.69 Å². The van der Waals surface area contributed by atoms with Crippen molar-refractivity contribution in [3.8, 4) is 0 Å². The average molecular weight is 217 g/mol. The molecule has 0 N–H and O–H groups in total. The van der Waals surface area contributed by atoms with Crippen molar-refractivity contribution in [1.82, 2.24) is 0 Å². The van der Waals surface area contributed by atoms with Gasteiger partial charge in [-0.3, -0.25) is 4.79 Å². The maximum absolute atomic E-state index is 11.8. The van der Waals surface area contributed by atoms with Crippen LogP contribution in [-0.2, 0) is 4.79 Å². The van der Waals surface area contributed by atoms with E-state index in [2.05, 4.69) is 36.9 Å². The molecule has 0 unspecified atom stereocenters. The van der Waals surface area contributed by atoms with Gasteiger partial charge >= 0.3 is 0 Å². The van der Waals surface area contributed by atoms with E-state index in [1.807, 2.05) is 13.8 Å². The van der Waals surface area contributed by atoms with Crippen molar-refractivity contribution in [3.63, 3.8) is 0 Å². The highest BCUT2D eigenvalue weighted by Gasteiger charge is 2.39. The van der Waals surface area contributed by atoms with Gasteiger partial charge in [-0.15, -0.1) is 0 Å². The zero-order valence-electron chi connectivity index (χ0n) is 10.5. The fraction of sp³-hybridized carbons (Fsp3) is 0.500. The molecule has 1 aromatic carbocycles. The third kappa shape index (κ3) is 1.73. The predicted octanol–water partition coefficient (Wildman–Crippen LogP) is 2.86. The van der Waals surface area contributed by atoms with Gasteiger partial charge in [0.25, 0.3) is 0 Å². The van der Waals surface area contributed by atoms with Gasteiger partial charge in [-0.1, -0.05) is 6.07 Å². The molecule has 2 rings (SSSR count). The van der Waals surface area contributed by atoms with E-state index in [0.29, 0.717) is 12.2 Å². The van der Waals surface area contributed by atoms with Crippen molar-refractivity contribution in [1.29, 1.82) is 0 Å². The van der Waals surface area contributed by atoms with Crippen LogP contribution in [0.15, 0.2) is 18.2 Å². The van der Waals surface area contributed by atoms with Gasteiger partial charge in [0, 0.05) is 18.7 Å². The molecule has 1 aromatic rings. The second-order valence-corrected chi connectivity index (χ2v) is 5.23. The Balaban J connectivity index is 2.42. The molecule has 0 spiro atoms. The average Bonchev–Trinajstić information content (AvgIpc) is 2.40. The topological polar surface area (TPSA) is 20.3 Å². The number of hydrogen-bond donors (Lipinski definition) is 0. The molecule has 0 radical (unpaired) electrons. The molecule has 86 valence electrons. The first-order valence-electron chi connectivity index (χ1n) is 5.80. The van der Waals surface area contributed by atoms with E-state index in [-0.39, 0.29) is 5.54 Å². The maximum Gasteiger partial charge on any atom is 0.159 e. The molecular formula is C14H19NO. The first kappa shape index (κ1) is 11.2. The minimum Gasteiger partial charge on any atom is -0.359 e. The smallest absolute Gasteiger partial charge is 0.159 e. The van der Waals surface area contributed by atoms with E-state index < -0.39 is 0 Å². The molecule has 0 amide bonds. The molecular weight excluding hydrogens is 198 g/mol. The molecule has 0 saturated carbocycles. The molecule has 0 atom stereocenters. The van der Waals surface area contributed by atoms with E-state index in [1.54, 1.807) is 0 Å². The Hall–Kier alpha value is -1.31. The standard InChI is InChI=1S/C14H19NO/c1-10-7-11(2)9-12(8-10)15-6-5-13(16)14(15,3)4/h7-9H,5-6H2,1-4H3.